The summed E-state index contributed by atoms with van der Waals surface area (Å²) in [6, 6.07) is 9.05. The highest BCUT2D eigenvalue weighted by molar-refractivity contribution is 6.35. The molecule has 0 aliphatic carbocycles. The number of nitrogens with one attached hydrogen (secondary N) is 4. The van der Waals surface area contributed by atoms with E-state index in [0.717, 1.165) is 11.3 Å². The zero-order valence-electron chi connectivity index (χ0n) is 16.7. The van der Waals surface area contributed by atoms with Crippen LogP contribution in [0.4, 0.5) is 17.1 Å². The van der Waals surface area contributed by atoms with Crippen LogP contribution < -0.4 is 43.4 Å². The van der Waals surface area contributed by atoms with Crippen molar-refractivity contribution in [3.05, 3.63) is 48.3 Å². The molecule has 0 fully saturated rings. The van der Waals surface area contributed by atoms with E-state index in [4.69, 9.17) is 0 Å². The van der Waals surface area contributed by atoms with Crippen LogP contribution in [0.5, 0.6) is 0 Å². The number of amides is 3. The maximum Gasteiger partial charge on any atom is 0.327 e. The second kappa shape index (κ2) is 10.9. The van der Waals surface area contributed by atoms with Gasteiger partial charge in [-0.1, -0.05) is 0 Å². The van der Waals surface area contributed by atoms with Gasteiger partial charge in [0.1, 0.15) is 0 Å². The molecular formula is C19H25ClN6O3. The van der Waals surface area contributed by atoms with E-state index in [1.54, 1.807) is 22.8 Å². The zero-order chi connectivity index (χ0) is 20.7. The van der Waals surface area contributed by atoms with Crippen LogP contribution in [0.15, 0.2) is 42.7 Å². The summed E-state index contributed by atoms with van der Waals surface area (Å²) in [7, 11) is 5.29. The molecule has 1 aromatic heterocycles. The lowest BCUT2D eigenvalue weighted by Crippen LogP contribution is -3.00. The molecule has 2 aromatic rings. The summed E-state index contributed by atoms with van der Waals surface area (Å²) in [5, 5.41) is 5.07. The molecule has 0 aliphatic heterocycles. The molecule has 0 saturated heterocycles. The van der Waals surface area contributed by atoms with Gasteiger partial charge in [0.25, 0.3) is 5.91 Å². The van der Waals surface area contributed by atoms with Gasteiger partial charge < -0.3 is 27.9 Å². The predicted molar refractivity (Wildman–Crippen MR) is 107 cm³/mol. The molecule has 0 saturated carbocycles. The first-order valence-corrected chi connectivity index (χ1v) is 8.65. The minimum absolute atomic E-state index is 0. The Labute approximate surface area is 175 Å². The molecule has 4 N–H and O–H groups in total. The molecule has 0 atom stereocenters. The van der Waals surface area contributed by atoms with Gasteiger partial charge in [0, 0.05) is 44.7 Å². The van der Waals surface area contributed by atoms with Gasteiger partial charge in [0.15, 0.2) is 12.4 Å². The van der Waals surface area contributed by atoms with Crippen LogP contribution >= 0.6 is 0 Å². The monoisotopic (exact) mass is 420 g/mol. The van der Waals surface area contributed by atoms with Gasteiger partial charge in [-0.2, -0.15) is 4.57 Å². The van der Waals surface area contributed by atoms with Gasteiger partial charge >= 0.3 is 11.8 Å². The Hall–Kier alpha value is -3.33. The van der Waals surface area contributed by atoms with E-state index in [-0.39, 0.29) is 24.9 Å². The third-order valence-electron chi connectivity index (χ3n) is 3.97. The first-order chi connectivity index (χ1) is 13.3. The van der Waals surface area contributed by atoms with Crippen LogP contribution in [0.3, 0.4) is 0 Å². The smallest absolute Gasteiger partial charge is 0.327 e. The summed E-state index contributed by atoms with van der Waals surface area (Å²) in [5.41, 5.74) is 8.08. The van der Waals surface area contributed by atoms with Crippen molar-refractivity contribution in [2.45, 2.75) is 13.5 Å². The van der Waals surface area contributed by atoms with Crippen LogP contribution in [0.1, 0.15) is 5.56 Å². The van der Waals surface area contributed by atoms with Crippen molar-refractivity contribution in [3.8, 4) is 0 Å². The van der Waals surface area contributed by atoms with Gasteiger partial charge in [-0.05, 0) is 30.7 Å². The molecule has 0 spiro atoms. The fourth-order valence-corrected chi connectivity index (χ4v) is 2.40. The number of carbonyl (C=O) groups excluding carboxylic acids is 3. The molecule has 0 unspecified atom stereocenters. The quantitative estimate of drug-likeness (QED) is 0.229. The minimum atomic E-state index is -0.795. The molecule has 3 amide bonds. The number of halogens is 1. The van der Waals surface area contributed by atoms with Crippen molar-refractivity contribution < 1.29 is 31.4 Å². The van der Waals surface area contributed by atoms with E-state index < -0.39 is 11.8 Å². The Bertz CT molecular complexity index is 871. The van der Waals surface area contributed by atoms with Crippen molar-refractivity contribution in [2.24, 2.45) is 0 Å². The number of aryl methyl sites for hydroxylation is 1. The van der Waals surface area contributed by atoms with Gasteiger partial charge in [0.2, 0.25) is 6.54 Å². The highest BCUT2D eigenvalue weighted by Gasteiger charge is 2.12. The highest BCUT2D eigenvalue weighted by Crippen LogP contribution is 2.19. The minimum Gasteiger partial charge on any atom is -1.00 e. The number of hydrazine groups is 1. The fourth-order valence-electron chi connectivity index (χ4n) is 2.40. The molecule has 156 valence electrons. The lowest BCUT2D eigenvalue weighted by Gasteiger charge is -2.12. The van der Waals surface area contributed by atoms with Gasteiger partial charge in [-0.25, -0.2) is 0 Å². The molecule has 0 bridgehead atoms. The lowest BCUT2D eigenvalue weighted by atomic mass is 10.2. The van der Waals surface area contributed by atoms with Crippen molar-refractivity contribution in [1.29, 1.82) is 0 Å². The number of hydrogen-bond acceptors (Lipinski definition) is 5. The number of aromatic nitrogens is 1. The Morgan fingerprint density at radius 3 is 2.24 bits per heavy atom. The average molecular weight is 421 g/mol. The Balaban J connectivity index is 0.00000420. The summed E-state index contributed by atoms with van der Waals surface area (Å²) < 4.78 is 1.79. The number of pyridine rings is 1. The van der Waals surface area contributed by atoms with Crippen LogP contribution in [-0.4, -0.2) is 38.9 Å². The third kappa shape index (κ3) is 6.96. The summed E-state index contributed by atoms with van der Waals surface area (Å²) in [6.07, 6.45) is 3.70. The topological polar surface area (TPSA) is 106 Å². The molecule has 10 heteroatoms. The van der Waals surface area contributed by atoms with E-state index in [0.29, 0.717) is 11.4 Å². The molecule has 1 heterocycles. The number of anilines is 3. The second-order valence-corrected chi connectivity index (χ2v) is 6.36. The molecular weight excluding hydrogens is 396 g/mol. The van der Waals surface area contributed by atoms with Gasteiger partial charge in [-0.15, -0.1) is 0 Å². The van der Waals surface area contributed by atoms with Crippen molar-refractivity contribution in [3.63, 3.8) is 0 Å². The van der Waals surface area contributed by atoms with Crippen LogP contribution in [-0.2, 0) is 20.9 Å². The molecule has 9 nitrogen and oxygen atoms in total. The summed E-state index contributed by atoms with van der Waals surface area (Å²) in [5.74, 6) is -1.70. The Morgan fingerprint density at radius 2 is 1.69 bits per heavy atom. The van der Waals surface area contributed by atoms with Crippen LogP contribution in [0.2, 0.25) is 0 Å². The molecule has 0 radical (unpaired) electrons. The zero-order valence-corrected chi connectivity index (χ0v) is 17.5. The van der Waals surface area contributed by atoms with Gasteiger partial charge in [0.05, 0.1) is 5.69 Å². The average Bonchev–Trinajstić information content (AvgIpc) is 2.66. The number of carbonyl (C=O) groups is 3. The molecule has 0 aliphatic rings. The van der Waals surface area contributed by atoms with E-state index in [1.165, 1.54) is 7.05 Å². The van der Waals surface area contributed by atoms with Gasteiger partial charge in [-0.3, -0.25) is 25.2 Å². The fraction of sp³-hybridized carbons (Fsp3) is 0.263. The standard InChI is InChI=1S/C19H24N6O3.ClH/c1-13-11-14(5-6-16(13)22-23-19(28)18(27)20-2)21-17(26)12-25-9-7-15(8-10-25)24(3)4;/h5-11H,12H2,1-4H3,(H3-,20,21,22,23,26,27,28);1H. The molecule has 2 rings (SSSR count). The first-order valence-electron chi connectivity index (χ1n) is 8.65. The maximum atomic E-state index is 12.3. The summed E-state index contributed by atoms with van der Waals surface area (Å²) in [6.45, 7) is 2.01. The van der Waals surface area contributed by atoms with E-state index in [1.807, 2.05) is 50.4 Å². The SMILES string of the molecule is CNC(=O)C(=O)NNc1ccc(NC(=O)C[n+]2ccc(N(C)C)cc2)cc1C.[Cl-]. The van der Waals surface area contributed by atoms with E-state index in [9.17, 15) is 14.4 Å². The van der Waals surface area contributed by atoms with E-state index in [2.05, 4.69) is 21.5 Å². The van der Waals surface area contributed by atoms with Crippen LogP contribution in [0, 0.1) is 6.92 Å². The van der Waals surface area contributed by atoms with Crippen molar-refractivity contribution in [1.82, 2.24) is 10.7 Å². The molecule has 29 heavy (non-hydrogen) atoms. The Morgan fingerprint density at radius 1 is 1.03 bits per heavy atom. The lowest BCUT2D eigenvalue weighted by molar-refractivity contribution is -0.684. The predicted octanol–water partition coefficient (Wildman–Crippen LogP) is -2.82. The van der Waals surface area contributed by atoms with Crippen molar-refractivity contribution >= 4 is 34.8 Å². The summed E-state index contributed by atoms with van der Waals surface area (Å²) in [4.78, 5) is 36.9. The molecule has 1 aromatic carbocycles. The number of rotatable bonds is 6. The number of hydrogen-bond donors (Lipinski definition) is 4. The Kier molecular flexibility index (Phi) is 8.88. The first kappa shape index (κ1) is 23.7. The normalized spacial score (nSPS) is 9.66. The maximum absolute atomic E-state index is 12.3. The van der Waals surface area contributed by atoms with Crippen molar-refractivity contribution in [2.75, 3.05) is 36.8 Å². The highest BCUT2D eigenvalue weighted by atomic mass is 35.5. The number of nitrogens with zero attached hydrogens (tertiary/aromatic N) is 2. The largest absolute Gasteiger partial charge is 1.00 e. The number of benzene rings is 1. The van der Waals surface area contributed by atoms with Crippen LogP contribution in [0.25, 0.3) is 0 Å². The number of likely N-dealkylation sites (N-methyl/N-ethyl adjacent to an activating group) is 1. The van der Waals surface area contributed by atoms with E-state index >= 15 is 0 Å². The summed E-state index contributed by atoms with van der Waals surface area (Å²) >= 11 is 0. The second-order valence-electron chi connectivity index (χ2n) is 6.36. The third-order valence-corrected chi connectivity index (χ3v) is 3.97.